The first-order valence-corrected chi connectivity index (χ1v) is 15.8. The molecule has 0 aliphatic carbocycles. The van der Waals surface area contributed by atoms with Crippen molar-refractivity contribution in [1.29, 1.82) is 0 Å². The molecule has 44 heavy (non-hydrogen) atoms. The third-order valence-electron chi connectivity index (χ3n) is 6.81. The lowest BCUT2D eigenvalue weighted by Gasteiger charge is -2.18. The Bertz CT molecular complexity index is 1690. The van der Waals surface area contributed by atoms with Crippen molar-refractivity contribution in [1.82, 2.24) is 5.32 Å². The van der Waals surface area contributed by atoms with Crippen LogP contribution in [0.4, 0.5) is 11.4 Å². The first-order valence-electron chi connectivity index (χ1n) is 14.2. The van der Waals surface area contributed by atoms with Crippen LogP contribution in [0.25, 0.3) is 6.08 Å². The molecule has 1 unspecified atom stereocenters. The van der Waals surface area contributed by atoms with Gasteiger partial charge in [-0.15, -0.1) is 11.8 Å². The number of rotatable bonds is 11. The van der Waals surface area contributed by atoms with E-state index in [1.165, 1.54) is 17.8 Å². The zero-order valence-electron chi connectivity index (χ0n) is 24.6. The normalized spacial score (nSPS) is 11.9. The van der Waals surface area contributed by atoms with Gasteiger partial charge in [0.2, 0.25) is 5.91 Å². The van der Waals surface area contributed by atoms with Crippen LogP contribution < -0.4 is 16.0 Å². The van der Waals surface area contributed by atoms with Crippen molar-refractivity contribution in [2.24, 2.45) is 0 Å². The fraction of sp³-hybridized carbons (Fsp3) is 0.171. The number of para-hydroxylation sites is 1. The van der Waals surface area contributed by atoms with Gasteiger partial charge in [0.1, 0.15) is 5.70 Å². The summed E-state index contributed by atoms with van der Waals surface area (Å²) in [5.41, 5.74) is 4.37. The van der Waals surface area contributed by atoms with E-state index in [0.29, 0.717) is 33.3 Å². The molecule has 3 N–H and O–H groups in total. The molecule has 4 aromatic rings. The number of thioether (sulfide) groups is 1. The summed E-state index contributed by atoms with van der Waals surface area (Å²) in [4.78, 5) is 40.6. The number of carbonyl (C=O) groups excluding carboxylic acids is 3. The number of hydrogen-bond donors (Lipinski definition) is 3. The summed E-state index contributed by atoms with van der Waals surface area (Å²) in [5.74, 6) is -1.07. The van der Waals surface area contributed by atoms with Crippen LogP contribution in [-0.2, 0) is 16.0 Å². The molecule has 0 aliphatic rings. The topological polar surface area (TPSA) is 87.3 Å². The molecule has 0 radical (unpaired) electrons. The van der Waals surface area contributed by atoms with E-state index in [1.807, 2.05) is 38.1 Å². The van der Waals surface area contributed by atoms with Crippen LogP contribution >= 0.6 is 35.0 Å². The van der Waals surface area contributed by atoms with Crippen molar-refractivity contribution in [2.75, 3.05) is 10.6 Å². The number of nitrogens with one attached hydrogen (secondary N) is 3. The lowest BCUT2D eigenvalue weighted by atomic mass is 10.1. The molecule has 0 bridgehead atoms. The highest BCUT2D eigenvalue weighted by Gasteiger charge is 2.21. The predicted octanol–water partition coefficient (Wildman–Crippen LogP) is 8.78. The van der Waals surface area contributed by atoms with E-state index in [9.17, 15) is 14.4 Å². The average Bonchev–Trinajstić information content (AvgIpc) is 3.02. The third kappa shape index (κ3) is 8.76. The van der Waals surface area contributed by atoms with E-state index >= 15 is 0 Å². The van der Waals surface area contributed by atoms with Crippen molar-refractivity contribution >= 4 is 70.1 Å². The molecular weight excluding hydrogens is 613 g/mol. The number of hydrogen-bond acceptors (Lipinski definition) is 4. The highest BCUT2D eigenvalue weighted by Crippen LogP contribution is 2.30. The van der Waals surface area contributed by atoms with Gasteiger partial charge in [-0.05, 0) is 85.0 Å². The minimum absolute atomic E-state index is 0.00287. The van der Waals surface area contributed by atoms with Crippen LogP contribution in [-0.4, -0.2) is 23.0 Å². The van der Waals surface area contributed by atoms with Gasteiger partial charge < -0.3 is 16.0 Å². The zero-order valence-corrected chi connectivity index (χ0v) is 26.9. The van der Waals surface area contributed by atoms with Crippen molar-refractivity contribution in [3.63, 3.8) is 0 Å². The molecule has 4 rings (SSSR count). The van der Waals surface area contributed by atoms with Gasteiger partial charge in [-0.3, -0.25) is 14.4 Å². The highest BCUT2D eigenvalue weighted by molar-refractivity contribution is 8.00. The molecule has 9 heteroatoms. The van der Waals surface area contributed by atoms with Crippen molar-refractivity contribution in [2.45, 2.75) is 43.8 Å². The minimum atomic E-state index is -0.543. The molecule has 1 atom stereocenters. The van der Waals surface area contributed by atoms with Crippen molar-refractivity contribution < 1.29 is 14.4 Å². The Morgan fingerprint density at radius 2 is 1.61 bits per heavy atom. The summed E-state index contributed by atoms with van der Waals surface area (Å²) < 4.78 is 0. The molecule has 0 heterocycles. The van der Waals surface area contributed by atoms with E-state index in [0.717, 1.165) is 28.1 Å². The quantitative estimate of drug-likeness (QED) is 0.112. The van der Waals surface area contributed by atoms with Gasteiger partial charge in [-0.1, -0.05) is 85.6 Å². The average molecular weight is 647 g/mol. The van der Waals surface area contributed by atoms with Gasteiger partial charge in [0.25, 0.3) is 11.8 Å². The van der Waals surface area contributed by atoms with E-state index in [2.05, 4.69) is 22.9 Å². The van der Waals surface area contributed by atoms with Crippen LogP contribution in [0.5, 0.6) is 0 Å². The smallest absolute Gasteiger partial charge is 0.272 e. The van der Waals surface area contributed by atoms with Crippen LogP contribution in [0.2, 0.25) is 10.0 Å². The van der Waals surface area contributed by atoms with Crippen LogP contribution in [0.3, 0.4) is 0 Å². The maximum atomic E-state index is 13.5. The molecule has 4 aromatic carbocycles. The van der Waals surface area contributed by atoms with Gasteiger partial charge in [0, 0.05) is 31.9 Å². The van der Waals surface area contributed by atoms with Gasteiger partial charge >= 0.3 is 0 Å². The van der Waals surface area contributed by atoms with E-state index in [-0.39, 0.29) is 16.9 Å². The first-order chi connectivity index (χ1) is 21.2. The summed E-state index contributed by atoms with van der Waals surface area (Å²) in [6.07, 6.45) is 2.93. The monoisotopic (exact) mass is 645 g/mol. The number of anilines is 2. The van der Waals surface area contributed by atoms with Gasteiger partial charge in [-0.25, -0.2) is 0 Å². The van der Waals surface area contributed by atoms with Crippen LogP contribution in [0.1, 0.15) is 47.3 Å². The number of benzene rings is 4. The Kier molecular flexibility index (Phi) is 11.7. The summed E-state index contributed by atoms with van der Waals surface area (Å²) in [7, 11) is 0. The van der Waals surface area contributed by atoms with Gasteiger partial charge in [0.15, 0.2) is 0 Å². The summed E-state index contributed by atoms with van der Waals surface area (Å²) in [6, 6.07) is 26.7. The Balaban J connectivity index is 1.53. The molecule has 0 spiro atoms. The minimum Gasteiger partial charge on any atom is -0.325 e. The Morgan fingerprint density at radius 3 is 2.32 bits per heavy atom. The molecular formula is C35H33Cl2N3O3S. The number of amides is 3. The number of halogens is 2. The SMILES string of the molecule is CCc1cccc(C)c1NC(=O)C(CC)Sc1cccc(NC(=O)/C(=C\c2ccc(Cl)cc2Cl)NC(=O)c2ccccc2)c1. The number of aryl methyl sites for hydroxylation is 2. The zero-order chi connectivity index (χ0) is 31.6. The second-order valence-corrected chi connectivity index (χ2v) is 12.1. The lowest BCUT2D eigenvalue weighted by molar-refractivity contribution is -0.116. The standard InChI is InChI=1S/C35H33Cl2N3O3S/c1-4-23-14-9-11-22(3)32(23)40-35(43)31(5-2)44-28-16-10-15-27(21-28)38-34(42)30(19-25-17-18-26(36)20-29(25)37)39-33(41)24-12-7-6-8-13-24/h6-21,31H,4-5H2,1-3H3,(H,38,42)(H,39,41)(H,40,43)/b30-19+. The lowest BCUT2D eigenvalue weighted by Crippen LogP contribution is -2.30. The van der Waals surface area contributed by atoms with Crippen LogP contribution in [0, 0.1) is 6.92 Å². The fourth-order valence-electron chi connectivity index (χ4n) is 4.45. The fourth-order valence-corrected chi connectivity index (χ4v) is 5.93. The summed E-state index contributed by atoms with van der Waals surface area (Å²) in [5, 5.41) is 9.14. The van der Waals surface area contributed by atoms with Gasteiger partial charge in [0.05, 0.1) is 5.25 Å². The second kappa shape index (κ2) is 15.6. The Labute approximate surface area is 272 Å². The highest BCUT2D eigenvalue weighted by atomic mass is 35.5. The molecule has 0 aliphatic heterocycles. The molecule has 0 saturated heterocycles. The molecule has 0 fully saturated rings. The predicted molar refractivity (Wildman–Crippen MR) is 183 cm³/mol. The van der Waals surface area contributed by atoms with E-state index in [1.54, 1.807) is 66.7 Å². The maximum absolute atomic E-state index is 13.5. The largest absolute Gasteiger partial charge is 0.325 e. The Morgan fingerprint density at radius 1 is 0.864 bits per heavy atom. The van der Waals surface area contributed by atoms with Crippen LogP contribution in [0.15, 0.2) is 102 Å². The van der Waals surface area contributed by atoms with E-state index < -0.39 is 11.8 Å². The molecule has 0 saturated carbocycles. The summed E-state index contributed by atoms with van der Waals surface area (Å²) in [6.45, 7) is 6.02. The van der Waals surface area contributed by atoms with Crippen molar-refractivity contribution in [3.05, 3.63) is 129 Å². The first kappa shape index (κ1) is 32.9. The maximum Gasteiger partial charge on any atom is 0.272 e. The van der Waals surface area contributed by atoms with E-state index in [4.69, 9.17) is 23.2 Å². The molecule has 3 amide bonds. The molecule has 6 nitrogen and oxygen atoms in total. The number of carbonyl (C=O) groups is 3. The van der Waals surface area contributed by atoms with Gasteiger partial charge in [-0.2, -0.15) is 0 Å². The van der Waals surface area contributed by atoms with Crippen molar-refractivity contribution in [3.8, 4) is 0 Å². The second-order valence-electron chi connectivity index (χ2n) is 9.99. The Hall–Kier alpha value is -4.04. The third-order valence-corrected chi connectivity index (χ3v) is 8.73. The molecule has 226 valence electrons. The summed E-state index contributed by atoms with van der Waals surface area (Å²) >= 11 is 13.8. The molecule has 0 aromatic heterocycles.